The first kappa shape index (κ1) is 15.5. The van der Waals surface area contributed by atoms with Gasteiger partial charge in [0, 0.05) is 0 Å². The van der Waals surface area contributed by atoms with Crippen LogP contribution in [0.3, 0.4) is 0 Å². The van der Waals surface area contributed by atoms with Crippen LogP contribution in [0, 0.1) is 0 Å². The van der Waals surface area contributed by atoms with E-state index in [1.807, 2.05) is 12.1 Å². The summed E-state index contributed by atoms with van der Waals surface area (Å²) in [6.45, 7) is 2.04. The van der Waals surface area contributed by atoms with Gasteiger partial charge in [-0.2, -0.15) is 0 Å². The molecule has 21 heavy (non-hydrogen) atoms. The normalized spacial score (nSPS) is 17.2. The highest BCUT2D eigenvalue weighted by molar-refractivity contribution is 5.82. The average molecular weight is 292 g/mol. The summed E-state index contributed by atoms with van der Waals surface area (Å²) < 4.78 is 5.08. The molecule has 1 aromatic carbocycles. The number of hydrogen-bond donors (Lipinski definition) is 3. The third-order valence-corrected chi connectivity index (χ3v) is 3.63. The van der Waals surface area contributed by atoms with Crippen molar-refractivity contribution in [3.05, 3.63) is 29.8 Å². The number of rotatable bonds is 5. The second-order valence-electron chi connectivity index (χ2n) is 5.22. The Hall–Kier alpha value is -1.92. The zero-order valence-corrected chi connectivity index (χ0v) is 11.7. The Kier molecular flexibility index (Phi) is 5.30. The van der Waals surface area contributed by atoms with Gasteiger partial charge in [-0.15, -0.1) is 0 Å². The Bertz CT molecular complexity index is 495. The van der Waals surface area contributed by atoms with Crippen molar-refractivity contribution in [1.82, 2.24) is 5.32 Å². The van der Waals surface area contributed by atoms with Gasteiger partial charge < -0.3 is 20.9 Å². The highest BCUT2D eigenvalue weighted by atomic mass is 16.5. The van der Waals surface area contributed by atoms with Crippen LogP contribution in [-0.2, 0) is 9.59 Å². The van der Waals surface area contributed by atoms with Gasteiger partial charge in [-0.05, 0) is 49.5 Å². The van der Waals surface area contributed by atoms with E-state index < -0.39 is 18.0 Å². The molecule has 1 atom stereocenters. The maximum absolute atomic E-state index is 11.5. The van der Waals surface area contributed by atoms with E-state index >= 15 is 0 Å². The summed E-state index contributed by atoms with van der Waals surface area (Å²) in [5, 5.41) is 12.0. The van der Waals surface area contributed by atoms with E-state index in [2.05, 4.69) is 5.32 Å². The van der Waals surface area contributed by atoms with Crippen LogP contribution >= 0.6 is 0 Å². The number of nitrogens with one attached hydrogen (secondary N) is 1. The van der Waals surface area contributed by atoms with Crippen molar-refractivity contribution in [2.24, 2.45) is 5.73 Å². The van der Waals surface area contributed by atoms with Crippen LogP contribution in [0.5, 0.6) is 5.75 Å². The van der Waals surface area contributed by atoms with Crippen LogP contribution in [0.1, 0.15) is 30.7 Å². The fourth-order valence-electron chi connectivity index (χ4n) is 2.40. The molecular formula is C15H20N2O4. The fourth-order valence-corrected chi connectivity index (χ4v) is 2.40. The molecule has 1 aliphatic heterocycles. The lowest BCUT2D eigenvalue weighted by Crippen LogP contribution is -2.33. The number of benzene rings is 1. The van der Waals surface area contributed by atoms with Crippen molar-refractivity contribution >= 4 is 11.9 Å². The average Bonchev–Trinajstić information content (AvgIpc) is 2.48. The van der Waals surface area contributed by atoms with Crippen LogP contribution in [-0.4, -0.2) is 36.2 Å². The summed E-state index contributed by atoms with van der Waals surface area (Å²) in [6, 6.07) is 6.15. The van der Waals surface area contributed by atoms with Gasteiger partial charge in [-0.3, -0.25) is 9.59 Å². The lowest BCUT2D eigenvalue weighted by Gasteiger charge is -2.23. The zero-order chi connectivity index (χ0) is 15.2. The summed E-state index contributed by atoms with van der Waals surface area (Å²) in [5.41, 5.74) is 6.52. The van der Waals surface area contributed by atoms with E-state index in [-0.39, 0.29) is 6.42 Å². The van der Waals surface area contributed by atoms with Crippen LogP contribution < -0.4 is 15.8 Å². The summed E-state index contributed by atoms with van der Waals surface area (Å²) in [4.78, 5) is 22.1. The fraction of sp³-hybridized carbons (Fsp3) is 0.467. The van der Waals surface area contributed by atoms with Gasteiger partial charge in [0.1, 0.15) is 11.8 Å². The molecule has 4 N–H and O–H groups in total. The first-order valence-corrected chi connectivity index (χ1v) is 7.06. The molecule has 6 heteroatoms. The molecule has 0 spiro atoms. The molecule has 114 valence electrons. The van der Waals surface area contributed by atoms with E-state index in [9.17, 15) is 9.59 Å². The zero-order valence-electron chi connectivity index (χ0n) is 11.7. The molecule has 0 aromatic heterocycles. The minimum absolute atomic E-state index is 0.342. The highest BCUT2D eigenvalue weighted by Gasteiger charge is 2.18. The van der Waals surface area contributed by atoms with E-state index in [0.29, 0.717) is 11.7 Å². The van der Waals surface area contributed by atoms with Crippen LogP contribution in [0.25, 0.3) is 0 Å². The third kappa shape index (κ3) is 4.54. The Morgan fingerprint density at radius 2 is 1.90 bits per heavy atom. The maximum Gasteiger partial charge on any atom is 0.321 e. The topological polar surface area (TPSA) is 102 Å². The van der Waals surface area contributed by atoms with Gasteiger partial charge in [0.05, 0.1) is 6.42 Å². The van der Waals surface area contributed by atoms with Crippen molar-refractivity contribution in [2.45, 2.75) is 31.2 Å². The Balaban J connectivity index is 1.89. The molecule has 0 amide bonds. The van der Waals surface area contributed by atoms with Crippen molar-refractivity contribution in [3.63, 3.8) is 0 Å². The van der Waals surface area contributed by atoms with Gasteiger partial charge in [0.25, 0.3) is 0 Å². The predicted octanol–water partition coefficient (Wildman–Crippen LogP) is 0.861. The molecule has 0 bridgehead atoms. The van der Waals surface area contributed by atoms with E-state index in [1.54, 1.807) is 12.1 Å². The molecule has 1 heterocycles. The number of carbonyl (C=O) groups excluding carboxylic acids is 1. The Labute approximate surface area is 123 Å². The number of carbonyl (C=O) groups is 2. The number of aliphatic carboxylic acids is 1. The van der Waals surface area contributed by atoms with Gasteiger partial charge in [-0.25, -0.2) is 0 Å². The van der Waals surface area contributed by atoms with Gasteiger partial charge in [0.15, 0.2) is 0 Å². The molecule has 0 aliphatic carbocycles. The molecule has 0 radical (unpaired) electrons. The first-order chi connectivity index (χ1) is 10.1. The van der Waals surface area contributed by atoms with Crippen molar-refractivity contribution in [3.8, 4) is 5.75 Å². The molecule has 0 saturated carbocycles. The second kappa shape index (κ2) is 7.19. The molecule has 1 unspecified atom stereocenters. The van der Waals surface area contributed by atoms with Crippen molar-refractivity contribution in [1.29, 1.82) is 0 Å². The number of piperidine rings is 1. The number of ether oxygens (including phenoxy) is 1. The lowest BCUT2D eigenvalue weighted by molar-refractivity contribution is -0.143. The summed E-state index contributed by atoms with van der Waals surface area (Å²) in [7, 11) is 0. The minimum atomic E-state index is -1.23. The van der Waals surface area contributed by atoms with Gasteiger partial charge >= 0.3 is 11.9 Å². The number of carboxylic acids is 1. The van der Waals surface area contributed by atoms with E-state index in [1.165, 1.54) is 5.56 Å². The number of nitrogens with two attached hydrogens (primary N) is 1. The third-order valence-electron chi connectivity index (χ3n) is 3.63. The first-order valence-electron chi connectivity index (χ1n) is 7.06. The van der Waals surface area contributed by atoms with Crippen LogP contribution in [0.4, 0.5) is 0 Å². The lowest BCUT2D eigenvalue weighted by atomic mass is 9.90. The van der Waals surface area contributed by atoms with Crippen molar-refractivity contribution in [2.75, 3.05) is 13.1 Å². The molecule has 1 aliphatic rings. The van der Waals surface area contributed by atoms with Crippen LogP contribution in [0.2, 0.25) is 0 Å². The van der Waals surface area contributed by atoms with Gasteiger partial charge in [0.2, 0.25) is 0 Å². The summed E-state index contributed by atoms with van der Waals surface area (Å²) in [6.07, 6.45) is 1.87. The van der Waals surface area contributed by atoms with E-state index in [0.717, 1.165) is 25.9 Å². The molecule has 1 fully saturated rings. The molecular weight excluding hydrogens is 272 g/mol. The van der Waals surface area contributed by atoms with Crippen LogP contribution in [0.15, 0.2) is 24.3 Å². The monoisotopic (exact) mass is 292 g/mol. The highest BCUT2D eigenvalue weighted by Crippen LogP contribution is 2.26. The summed E-state index contributed by atoms with van der Waals surface area (Å²) in [5.74, 6) is -0.903. The van der Waals surface area contributed by atoms with E-state index in [4.69, 9.17) is 15.6 Å². The molecule has 1 saturated heterocycles. The van der Waals surface area contributed by atoms with Gasteiger partial charge in [-0.1, -0.05) is 12.1 Å². The Morgan fingerprint density at radius 1 is 1.29 bits per heavy atom. The second-order valence-corrected chi connectivity index (χ2v) is 5.22. The molecule has 6 nitrogen and oxygen atoms in total. The largest absolute Gasteiger partial charge is 0.480 e. The number of hydrogen-bond acceptors (Lipinski definition) is 5. The molecule has 1 aromatic rings. The minimum Gasteiger partial charge on any atom is -0.480 e. The quantitative estimate of drug-likeness (QED) is 0.549. The smallest absolute Gasteiger partial charge is 0.321 e. The maximum atomic E-state index is 11.5. The standard InChI is InChI=1S/C15H20N2O4/c16-13(15(19)20)9-14(18)21-12-3-1-10(2-4-12)11-5-7-17-8-6-11/h1-4,11,13,17H,5-9,16H2,(H,19,20). The van der Waals surface area contributed by atoms with Crippen molar-refractivity contribution < 1.29 is 19.4 Å². The molecule has 2 rings (SSSR count). The summed E-state index contributed by atoms with van der Waals surface area (Å²) >= 11 is 0. The Morgan fingerprint density at radius 3 is 2.48 bits per heavy atom. The SMILES string of the molecule is NC(CC(=O)Oc1ccc(C2CCNCC2)cc1)C(=O)O. The number of carboxylic acid groups (broad SMARTS) is 1. The predicted molar refractivity (Wildman–Crippen MR) is 77.1 cm³/mol. The number of esters is 1.